The molecular weight excluding hydrogens is 248 g/mol. The Morgan fingerprint density at radius 1 is 1.10 bits per heavy atom. The van der Waals surface area contributed by atoms with Crippen molar-refractivity contribution in [1.29, 1.82) is 0 Å². The predicted octanol–water partition coefficient (Wildman–Crippen LogP) is 3.99. The Morgan fingerprint density at radius 3 is 2.65 bits per heavy atom. The van der Waals surface area contributed by atoms with E-state index in [4.69, 9.17) is 4.52 Å². The maximum atomic E-state index is 5.07. The van der Waals surface area contributed by atoms with Gasteiger partial charge in [0.2, 0.25) is 0 Å². The molecule has 2 aromatic carbocycles. The van der Waals surface area contributed by atoms with E-state index >= 15 is 0 Å². The third kappa shape index (κ3) is 2.73. The molecule has 3 rings (SSSR count). The second-order valence-corrected chi connectivity index (χ2v) is 5.14. The third-order valence-corrected chi connectivity index (χ3v) is 3.54. The molecule has 0 radical (unpaired) electrons. The van der Waals surface area contributed by atoms with Crippen molar-refractivity contribution in [2.75, 3.05) is 0 Å². The van der Waals surface area contributed by atoms with Gasteiger partial charge in [0.25, 0.3) is 0 Å². The van der Waals surface area contributed by atoms with Gasteiger partial charge in [0, 0.05) is 18.7 Å². The summed E-state index contributed by atoms with van der Waals surface area (Å²) in [4.78, 5) is 0. The fourth-order valence-corrected chi connectivity index (χ4v) is 2.35. The molecule has 1 heterocycles. The minimum absolute atomic E-state index is 0.275. The Hall–Kier alpha value is -2.13. The molecule has 1 N–H and O–H groups in total. The summed E-state index contributed by atoms with van der Waals surface area (Å²) in [5.41, 5.74) is 2.22. The highest BCUT2D eigenvalue weighted by molar-refractivity contribution is 5.83. The lowest BCUT2D eigenvalue weighted by Gasteiger charge is -2.14. The first kappa shape index (κ1) is 12.9. The second-order valence-electron chi connectivity index (χ2n) is 5.14. The van der Waals surface area contributed by atoms with Crippen molar-refractivity contribution >= 4 is 10.8 Å². The van der Waals surface area contributed by atoms with Gasteiger partial charge in [0.05, 0.1) is 5.69 Å². The van der Waals surface area contributed by atoms with Crippen LogP contribution in [0.5, 0.6) is 0 Å². The van der Waals surface area contributed by atoms with Crippen LogP contribution in [-0.4, -0.2) is 5.16 Å². The average molecular weight is 266 g/mol. The van der Waals surface area contributed by atoms with Crippen LogP contribution in [0.25, 0.3) is 10.8 Å². The zero-order valence-corrected chi connectivity index (χ0v) is 11.8. The molecule has 0 spiro atoms. The van der Waals surface area contributed by atoms with Crippen molar-refractivity contribution in [2.24, 2.45) is 0 Å². The van der Waals surface area contributed by atoms with Crippen LogP contribution in [-0.2, 0) is 6.54 Å². The third-order valence-electron chi connectivity index (χ3n) is 3.54. The average Bonchev–Trinajstić information content (AvgIpc) is 2.90. The lowest BCUT2D eigenvalue weighted by molar-refractivity contribution is 0.386. The normalized spacial score (nSPS) is 12.7. The highest BCUT2D eigenvalue weighted by atomic mass is 16.5. The lowest BCUT2D eigenvalue weighted by Crippen LogP contribution is -2.18. The van der Waals surface area contributed by atoms with Gasteiger partial charge in [-0.3, -0.25) is 0 Å². The van der Waals surface area contributed by atoms with Crippen LogP contribution in [0.15, 0.2) is 53.1 Å². The van der Waals surface area contributed by atoms with E-state index < -0.39 is 0 Å². The molecule has 102 valence electrons. The van der Waals surface area contributed by atoms with Gasteiger partial charge in [0.15, 0.2) is 0 Å². The zero-order valence-electron chi connectivity index (χ0n) is 11.8. The van der Waals surface area contributed by atoms with Crippen molar-refractivity contribution in [3.8, 4) is 0 Å². The standard InChI is InChI=1S/C17H18N2O/c1-12-9-17(19-20-12)11-18-13(2)15-8-7-14-5-3-4-6-16(14)10-15/h3-10,13,18H,11H2,1-2H3. The highest BCUT2D eigenvalue weighted by Crippen LogP contribution is 2.20. The molecule has 0 aliphatic rings. The van der Waals surface area contributed by atoms with E-state index in [1.807, 2.05) is 13.0 Å². The summed E-state index contributed by atoms with van der Waals surface area (Å²) < 4.78 is 5.07. The van der Waals surface area contributed by atoms with E-state index in [-0.39, 0.29) is 6.04 Å². The van der Waals surface area contributed by atoms with E-state index in [0.717, 1.165) is 11.5 Å². The Labute approximate surface area is 118 Å². The number of rotatable bonds is 4. The van der Waals surface area contributed by atoms with Gasteiger partial charge in [-0.2, -0.15) is 0 Å². The second kappa shape index (κ2) is 5.47. The molecule has 0 aliphatic heterocycles. The van der Waals surface area contributed by atoms with Crippen molar-refractivity contribution in [1.82, 2.24) is 10.5 Å². The predicted molar refractivity (Wildman–Crippen MR) is 80.4 cm³/mol. The van der Waals surface area contributed by atoms with Gasteiger partial charge in [-0.1, -0.05) is 41.6 Å². The van der Waals surface area contributed by atoms with E-state index in [2.05, 4.69) is 59.9 Å². The van der Waals surface area contributed by atoms with Crippen molar-refractivity contribution in [3.05, 3.63) is 65.5 Å². The minimum Gasteiger partial charge on any atom is -0.361 e. The Morgan fingerprint density at radius 2 is 1.90 bits per heavy atom. The van der Waals surface area contributed by atoms with Crippen LogP contribution in [0.4, 0.5) is 0 Å². The number of fused-ring (bicyclic) bond motifs is 1. The molecule has 1 aromatic heterocycles. The number of benzene rings is 2. The van der Waals surface area contributed by atoms with Crippen LogP contribution < -0.4 is 5.32 Å². The number of aromatic nitrogens is 1. The number of nitrogens with one attached hydrogen (secondary N) is 1. The topological polar surface area (TPSA) is 38.1 Å². The number of hydrogen-bond donors (Lipinski definition) is 1. The van der Waals surface area contributed by atoms with Crippen LogP contribution in [0.2, 0.25) is 0 Å². The first-order valence-corrected chi connectivity index (χ1v) is 6.86. The van der Waals surface area contributed by atoms with E-state index in [1.54, 1.807) is 0 Å². The quantitative estimate of drug-likeness (QED) is 0.776. The van der Waals surface area contributed by atoms with Gasteiger partial charge >= 0.3 is 0 Å². The van der Waals surface area contributed by atoms with Gasteiger partial charge in [0.1, 0.15) is 5.76 Å². The van der Waals surface area contributed by atoms with E-state index in [9.17, 15) is 0 Å². The lowest BCUT2D eigenvalue weighted by atomic mass is 10.0. The molecule has 1 atom stereocenters. The van der Waals surface area contributed by atoms with Gasteiger partial charge in [-0.05, 0) is 36.2 Å². The van der Waals surface area contributed by atoms with Crippen molar-refractivity contribution in [3.63, 3.8) is 0 Å². The Bertz CT molecular complexity index is 718. The van der Waals surface area contributed by atoms with Crippen LogP contribution in [0.3, 0.4) is 0 Å². The van der Waals surface area contributed by atoms with Gasteiger partial charge in [-0.15, -0.1) is 0 Å². The van der Waals surface area contributed by atoms with Crippen LogP contribution in [0.1, 0.15) is 30.0 Å². The molecule has 3 nitrogen and oxygen atoms in total. The van der Waals surface area contributed by atoms with E-state index in [1.165, 1.54) is 16.3 Å². The number of aryl methyl sites for hydroxylation is 1. The Kier molecular flexibility index (Phi) is 3.52. The summed E-state index contributed by atoms with van der Waals surface area (Å²) >= 11 is 0. The summed E-state index contributed by atoms with van der Waals surface area (Å²) in [5, 5.41) is 10.0. The van der Waals surface area contributed by atoms with Crippen LogP contribution >= 0.6 is 0 Å². The molecule has 0 aliphatic carbocycles. The van der Waals surface area contributed by atoms with Gasteiger partial charge < -0.3 is 9.84 Å². The summed E-state index contributed by atoms with van der Waals surface area (Å²) in [6.45, 7) is 4.78. The van der Waals surface area contributed by atoms with Crippen molar-refractivity contribution in [2.45, 2.75) is 26.4 Å². The minimum atomic E-state index is 0.275. The maximum absolute atomic E-state index is 5.07. The summed E-state index contributed by atoms with van der Waals surface area (Å²) in [6, 6.07) is 17.2. The van der Waals surface area contributed by atoms with Crippen LogP contribution in [0, 0.1) is 6.92 Å². The highest BCUT2D eigenvalue weighted by Gasteiger charge is 2.07. The SMILES string of the molecule is Cc1cc(CNC(C)c2ccc3ccccc3c2)no1. The summed E-state index contributed by atoms with van der Waals surface area (Å²) in [6.07, 6.45) is 0. The fourth-order valence-electron chi connectivity index (χ4n) is 2.35. The zero-order chi connectivity index (χ0) is 13.9. The molecule has 1 unspecified atom stereocenters. The number of nitrogens with zero attached hydrogens (tertiary/aromatic N) is 1. The fraction of sp³-hybridized carbons (Fsp3) is 0.235. The number of hydrogen-bond acceptors (Lipinski definition) is 3. The molecule has 3 heteroatoms. The molecule has 0 saturated heterocycles. The Balaban J connectivity index is 1.73. The smallest absolute Gasteiger partial charge is 0.133 e. The molecular formula is C17H18N2O. The first-order chi connectivity index (χ1) is 9.72. The summed E-state index contributed by atoms with van der Waals surface area (Å²) in [7, 11) is 0. The summed E-state index contributed by atoms with van der Waals surface area (Å²) in [5.74, 6) is 0.847. The monoisotopic (exact) mass is 266 g/mol. The molecule has 3 aromatic rings. The van der Waals surface area contributed by atoms with Crippen molar-refractivity contribution < 1.29 is 4.52 Å². The molecule has 0 amide bonds. The molecule has 0 saturated carbocycles. The van der Waals surface area contributed by atoms with E-state index in [0.29, 0.717) is 6.54 Å². The van der Waals surface area contributed by atoms with Gasteiger partial charge in [-0.25, -0.2) is 0 Å². The first-order valence-electron chi connectivity index (χ1n) is 6.86. The largest absolute Gasteiger partial charge is 0.361 e. The maximum Gasteiger partial charge on any atom is 0.133 e. The molecule has 20 heavy (non-hydrogen) atoms. The molecule has 0 bridgehead atoms. The molecule has 0 fully saturated rings.